The van der Waals surface area contributed by atoms with Crippen LogP contribution < -0.4 is 10.1 Å². The molecule has 1 aliphatic rings. The maximum absolute atomic E-state index is 12.7. The first-order chi connectivity index (χ1) is 16.1. The van der Waals surface area contributed by atoms with Gasteiger partial charge in [-0.3, -0.25) is 4.79 Å². The van der Waals surface area contributed by atoms with Crippen LogP contribution in [0.4, 0.5) is 5.69 Å². The van der Waals surface area contributed by atoms with Crippen LogP contribution in [-0.4, -0.2) is 42.7 Å². The number of nitrogens with one attached hydrogen (secondary N) is 1. The number of hydrogen-bond donors (Lipinski definition) is 3. The van der Waals surface area contributed by atoms with Crippen LogP contribution in [0.5, 0.6) is 11.5 Å². The Balaban J connectivity index is 2.09. The minimum atomic E-state index is -1.94. The predicted octanol–water partition coefficient (Wildman–Crippen LogP) is 4.18. The summed E-state index contributed by atoms with van der Waals surface area (Å²) < 4.78 is 10.6. The zero-order valence-corrected chi connectivity index (χ0v) is 20.1. The number of phenols is 1. The fourth-order valence-corrected chi connectivity index (χ4v) is 3.93. The summed E-state index contributed by atoms with van der Waals surface area (Å²) in [5.74, 6) is -0.106. The Bertz CT molecular complexity index is 1130. The van der Waals surface area contributed by atoms with Crippen molar-refractivity contribution in [3.8, 4) is 11.5 Å². The highest BCUT2D eigenvalue weighted by atomic mass is 16.5. The zero-order valence-electron chi connectivity index (χ0n) is 20.1. The molecule has 2 atom stereocenters. The van der Waals surface area contributed by atoms with Gasteiger partial charge in [0, 0.05) is 18.1 Å². The molecule has 7 heteroatoms. The number of anilines is 1. The molecular weight excluding hydrogens is 434 g/mol. The van der Waals surface area contributed by atoms with Crippen molar-refractivity contribution in [2.45, 2.75) is 38.9 Å². The number of aldehydes is 1. The quantitative estimate of drug-likeness (QED) is 0.399. The van der Waals surface area contributed by atoms with Gasteiger partial charge in [0.25, 0.3) is 5.91 Å². The molecule has 1 aliphatic heterocycles. The number of carbonyl (C=O) groups is 2. The number of phenolic OH excluding ortho intramolecular Hbond substituents is 1. The lowest BCUT2D eigenvalue weighted by molar-refractivity contribution is -0.142. The molecular formula is C27H31NO6. The number of benzene rings is 2. The number of carbonyl (C=O) groups excluding carboxylic acids is 2. The summed E-state index contributed by atoms with van der Waals surface area (Å²) in [4.78, 5) is 23.9. The molecule has 0 saturated carbocycles. The van der Waals surface area contributed by atoms with E-state index in [1.807, 2.05) is 32.9 Å². The van der Waals surface area contributed by atoms with Crippen molar-refractivity contribution in [1.82, 2.24) is 0 Å². The second-order valence-corrected chi connectivity index (χ2v) is 9.12. The summed E-state index contributed by atoms with van der Waals surface area (Å²) in [6.07, 6.45) is 5.73. The van der Waals surface area contributed by atoms with E-state index in [1.165, 1.54) is 14.2 Å². The molecule has 180 valence electrons. The molecule has 2 aromatic rings. The van der Waals surface area contributed by atoms with E-state index in [0.717, 1.165) is 11.9 Å². The summed E-state index contributed by atoms with van der Waals surface area (Å²) in [6.45, 7) is 5.63. The molecule has 0 saturated heterocycles. The average Bonchev–Trinajstić information content (AvgIpc) is 2.82. The van der Waals surface area contributed by atoms with Gasteiger partial charge >= 0.3 is 0 Å². The highest BCUT2D eigenvalue weighted by Crippen LogP contribution is 2.48. The van der Waals surface area contributed by atoms with Crippen molar-refractivity contribution >= 4 is 24.0 Å². The van der Waals surface area contributed by atoms with Crippen molar-refractivity contribution in [3.63, 3.8) is 0 Å². The number of methoxy groups -OCH3 is 2. The Labute approximate surface area is 199 Å². The highest BCUT2D eigenvalue weighted by Gasteiger charge is 2.51. The van der Waals surface area contributed by atoms with Gasteiger partial charge in [-0.15, -0.1) is 0 Å². The zero-order chi connectivity index (χ0) is 25.1. The third kappa shape index (κ3) is 4.76. The van der Waals surface area contributed by atoms with Gasteiger partial charge in [-0.25, -0.2) is 0 Å². The number of allylic oxidation sites excluding steroid dienone is 3. The maximum Gasteiger partial charge on any atom is 0.257 e. The van der Waals surface area contributed by atoms with Crippen LogP contribution in [0.25, 0.3) is 6.08 Å². The van der Waals surface area contributed by atoms with E-state index < -0.39 is 23.0 Å². The number of ether oxygens (including phenoxy) is 2. The molecule has 0 spiro atoms. The van der Waals surface area contributed by atoms with Crippen LogP contribution in [0, 0.1) is 5.41 Å². The van der Waals surface area contributed by atoms with Gasteiger partial charge in [0.15, 0.2) is 11.7 Å². The predicted molar refractivity (Wildman–Crippen MR) is 131 cm³/mol. The van der Waals surface area contributed by atoms with Crippen LogP contribution in [-0.2, 0) is 19.9 Å². The monoisotopic (exact) mass is 465 g/mol. The van der Waals surface area contributed by atoms with E-state index in [0.29, 0.717) is 29.0 Å². The van der Waals surface area contributed by atoms with Crippen LogP contribution in [0.15, 0.2) is 54.1 Å². The minimum Gasteiger partial charge on any atom is -0.507 e. The standard InChI is InChI=1S/C27H31NO6/c1-17(14-15-26(2,3)16-29)6-7-18-8-13-21-22(23(18)30)27(32,24(34-5)25(31)28-21)19-9-11-20(33-4)12-10-19/h6-14,16,24,30,32H,15H2,1-5H3,(H,28,31)/b7-6+,17-14+/t24-,27+/m0/s1. The number of aliphatic hydroxyl groups is 1. The Kier molecular flexibility index (Phi) is 7.29. The van der Waals surface area contributed by atoms with Gasteiger partial charge in [-0.2, -0.15) is 0 Å². The van der Waals surface area contributed by atoms with Crippen LogP contribution in [0.3, 0.4) is 0 Å². The lowest BCUT2D eigenvalue weighted by Gasteiger charge is -2.40. The third-order valence-electron chi connectivity index (χ3n) is 6.03. The molecule has 1 amide bonds. The van der Waals surface area contributed by atoms with Crippen molar-refractivity contribution in [1.29, 1.82) is 0 Å². The highest BCUT2D eigenvalue weighted by molar-refractivity contribution is 6.00. The molecule has 0 unspecified atom stereocenters. The topological polar surface area (TPSA) is 105 Å². The first kappa shape index (κ1) is 25.2. The fourth-order valence-electron chi connectivity index (χ4n) is 3.93. The summed E-state index contributed by atoms with van der Waals surface area (Å²) in [5.41, 5.74) is -0.197. The van der Waals surface area contributed by atoms with E-state index in [2.05, 4.69) is 5.32 Å². The Morgan fingerprint density at radius 1 is 1.18 bits per heavy atom. The molecule has 0 aromatic heterocycles. The molecule has 0 radical (unpaired) electrons. The summed E-state index contributed by atoms with van der Waals surface area (Å²) in [7, 11) is 2.87. The number of fused-ring (bicyclic) bond motifs is 1. The van der Waals surface area contributed by atoms with Crippen molar-refractivity contribution in [3.05, 3.63) is 70.8 Å². The van der Waals surface area contributed by atoms with E-state index in [-0.39, 0.29) is 11.3 Å². The van der Waals surface area contributed by atoms with E-state index in [1.54, 1.807) is 42.5 Å². The van der Waals surface area contributed by atoms with Crippen LogP contribution in [0.1, 0.15) is 43.9 Å². The molecule has 3 rings (SSSR count). The first-order valence-corrected chi connectivity index (χ1v) is 11.0. The normalized spacial score (nSPS) is 20.7. The average molecular weight is 466 g/mol. The van der Waals surface area contributed by atoms with Crippen molar-refractivity contribution in [2.24, 2.45) is 5.41 Å². The van der Waals surface area contributed by atoms with Gasteiger partial charge < -0.3 is 29.8 Å². The number of aromatic hydroxyl groups is 1. The van der Waals surface area contributed by atoms with E-state index in [9.17, 15) is 19.8 Å². The van der Waals surface area contributed by atoms with E-state index in [4.69, 9.17) is 9.47 Å². The van der Waals surface area contributed by atoms with Crippen molar-refractivity contribution < 1.29 is 29.3 Å². The Morgan fingerprint density at radius 3 is 2.44 bits per heavy atom. The largest absolute Gasteiger partial charge is 0.507 e. The second-order valence-electron chi connectivity index (χ2n) is 9.12. The van der Waals surface area contributed by atoms with Crippen LogP contribution >= 0.6 is 0 Å². The Morgan fingerprint density at radius 2 is 1.85 bits per heavy atom. The molecule has 0 fully saturated rings. The molecule has 0 aliphatic carbocycles. The molecule has 2 aromatic carbocycles. The number of amides is 1. The van der Waals surface area contributed by atoms with Gasteiger partial charge in [-0.1, -0.05) is 49.8 Å². The second kappa shape index (κ2) is 9.83. The van der Waals surface area contributed by atoms with Gasteiger partial charge in [0.2, 0.25) is 0 Å². The lowest BCUT2D eigenvalue weighted by Crippen LogP contribution is -2.52. The van der Waals surface area contributed by atoms with Gasteiger partial charge in [0.1, 0.15) is 17.8 Å². The molecule has 34 heavy (non-hydrogen) atoms. The van der Waals surface area contributed by atoms with Crippen LogP contribution in [0.2, 0.25) is 0 Å². The Hall–Kier alpha value is -3.42. The van der Waals surface area contributed by atoms with Crippen molar-refractivity contribution in [2.75, 3.05) is 19.5 Å². The molecule has 7 nitrogen and oxygen atoms in total. The van der Waals surface area contributed by atoms with E-state index >= 15 is 0 Å². The number of rotatable bonds is 8. The van der Waals surface area contributed by atoms with Gasteiger partial charge in [-0.05, 0) is 43.2 Å². The SMILES string of the molecule is COc1ccc([C@@]2(O)c3c(ccc(/C=C/C(C)=C/CC(C)(C)C=O)c3O)NC(=O)[C@@H]2OC)cc1. The lowest BCUT2D eigenvalue weighted by atomic mass is 9.76. The number of hydrogen-bond acceptors (Lipinski definition) is 6. The molecule has 3 N–H and O–H groups in total. The minimum absolute atomic E-state index is 0.148. The maximum atomic E-state index is 12.7. The molecule has 0 bridgehead atoms. The summed E-state index contributed by atoms with van der Waals surface area (Å²) in [5, 5.41) is 25.9. The third-order valence-corrected chi connectivity index (χ3v) is 6.03. The summed E-state index contributed by atoms with van der Waals surface area (Å²) in [6, 6.07) is 9.91. The fraction of sp³-hybridized carbons (Fsp3) is 0.333. The van der Waals surface area contributed by atoms with Gasteiger partial charge in [0.05, 0.1) is 18.4 Å². The molecule has 1 heterocycles. The summed E-state index contributed by atoms with van der Waals surface area (Å²) >= 11 is 0. The first-order valence-electron chi connectivity index (χ1n) is 11.0. The smallest absolute Gasteiger partial charge is 0.257 e.